The van der Waals surface area contributed by atoms with Crippen LogP contribution in [0, 0.1) is 12.8 Å². The Bertz CT molecular complexity index is 1440. The van der Waals surface area contributed by atoms with E-state index in [0.29, 0.717) is 35.6 Å². The Balaban J connectivity index is 1.32. The summed E-state index contributed by atoms with van der Waals surface area (Å²) >= 11 is 3.49. The molecule has 2 aromatic heterocycles. The molecule has 5 rings (SSSR count). The number of benzene rings is 2. The third kappa shape index (κ3) is 5.46. The van der Waals surface area contributed by atoms with Crippen LogP contribution in [0.1, 0.15) is 29.5 Å². The number of piperidine rings is 1. The van der Waals surface area contributed by atoms with Crippen LogP contribution >= 0.6 is 15.9 Å². The van der Waals surface area contributed by atoms with Crippen molar-refractivity contribution in [2.24, 2.45) is 5.92 Å². The number of anilines is 1. The number of rotatable bonds is 5. The first-order valence-corrected chi connectivity index (χ1v) is 12.6. The second kappa shape index (κ2) is 10.1. The minimum absolute atomic E-state index is 0.00368. The lowest BCUT2D eigenvalue weighted by molar-refractivity contribution is -0.137. The summed E-state index contributed by atoms with van der Waals surface area (Å²) in [5.74, 6) is 0.459. The van der Waals surface area contributed by atoms with Crippen LogP contribution in [0.2, 0.25) is 0 Å². The number of fused-ring (bicyclic) bond motifs is 1. The average Bonchev–Trinajstić information content (AvgIpc) is 3.33. The number of amides is 1. The summed E-state index contributed by atoms with van der Waals surface area (Å²) < 4.78 is 41.3. The van der Waals surface area contributed by atoms with E-state index in [2.05, 4.69) is 41.2 Å². The molecular weight excluding hydrogens is 549 g/mol. The number of halogens is 4. The fourth-order valence-electron chi connectivity index (χ4n) is 4.55. The van der Waals surface area contributed by atoms with Crippen molar-refractivity contribution in [1.82, 2.24) is 25.1 Å². The summed E-state index contributed by atoms with van der Waals surface area (Å²) in [7, 11) is 0. The van der Waals surface area contributed by atoms with Crippen LogP contribution < -0.4 is 10.2 Å². The zero-order valence-electron chi connectivity index (χ0n) is 20.0. The van der Waals surface area contributed by atoms with Crippen LogP contribution in [0.5, 0.6) is 0 Å². The first-order valence-electron chi connectivity index (χ1n) is 11.8. The van der Waals surface area contributed by atoms with Crippen LogP contribution in [0.3, 0.4) is 0 Å². The Morgan fingerprint density at radius 3 is 2.68 bits per heavy atom. The molecule has 0 saturated carbocycles. The Morgan fingerprint density at radius 1 is 1.16 bits per heavy atom. The van der Waals surface area contributed by atoms with Crippen LogP contribution in [-0.2, 0) is 17.5 Å². The molecule has 1 saturated heterocycles. The van der Waals surface area contributed by atoms with Gasteiger partial charge in [0.15, 0.2) is 5.65 Å². The molecule has 0 spiro atoms. The van der Waals surface area contributed by atoms with E-state index in [1.54, 1.807) is 6.20 Å². The summed E-state index contributed by atoms with van der Waals surface area (Å²) in [6.45, 7) is 3.70. The molecule has 37 heavy (non-hydrogen) atoms. The van der Waals surface area contributed by atoms with E-state index < -0.39 is 11.7 Å². The van der Waals surface area contributed by atoms with Crippen LogP contribution in [-0.4, -0.2) is 38.7 Å². The van der Waals surface area contributed by atoms with Crippen molar-refractivity contribution in [3.63, 3.8) is 0 Å². The molecule has 1 N–H and O–H groups in total. The highest BCUT2D eigenvalue weighted by molar-refractivity contribution is 9.10. The largest absolute Gasteiger partial charge is 0.416 e. The fraction of sp³-hybridized carbons (Fsp3) is 0.308. The van der Waals surface area contributed by atoms with Crippen molar-refractivity contribution in [1.29, 1.82) is 0 Å². The number of aromatic nitrogens is 4. The van der Waals surface area contributed by atoms with Gasteiger partial charge in [-0.25, -0.2) is 14.6 Å². The van der Waals surface area contributed by atoms with Crippen LogP contribution in [0.4, 0.5) is 19.0 Å². The second-order valence-corrected chi connectivity index (χ2v) is 9.99. The summed E-state index contributed by atoms with van der Waals surface area (Å²) in [5.41, 5.74) is 2.34. The molecular formula is C26H24BrF3N6O. The molecule has 0 unspecified atom stereocenters. The summed E-state index contributed by atoms with van der Waals surface area (Å²) in [5, 5.41) is 8.17. The van der Waals surface area contributed by atoms with Gasteiger partial charge in [0.05, 0.1) is 22.6 Å². The molecule has 0 bridgehead atoms. The molecule has 0 aliphatic carbocycles. The predicted molar refractivity (Wildman–Crippen MR) is 137 cm³/mol. The zero-order chi connectivity index (χ0) is 26.2. The molecule has 1 aliphatic rings. The number of aryl methyl sites for hydroxylation is 1. The Labute approximate surface area is 219 Å². The summed E-state index contributed by atoms with van der Waals surface area (Å²) in [6, 6.07) is 10.8. The average molecular weight is 573 g/mol. The van der Waals surface area contributed by atoms with Crippen molar-refractivity contribution in [3.8, 4) is 5.69 Å². The van der Waals surface area contributed by atoms with Crippen LogP contribution in [0.25, 0.3) is 16.7 Å². The van der Waals surface area contributed by atoms with Gasteiger partial charge in [-0.05, 0) is 61.2 Å². The van der Waals surface area contributed by atoms with Gasteiger partial charge in [-0.3, -0.25) is 4.79 Å². The highest BCUT2D eigenvalue weighted by Crippen LogP contribution is 2.31. The molecule has 1 atom stereocenters. The minimum atomic E-state index is -4.40. The normalized spacial score (nSPS) is 16.2. The number of nitrogens with zero attached hydrogens (tertiary/aromatic N) is 5. The maximum absolute atomic E-state index is 13.0. The van der Waals surface area contributed by atoms with E-state index in [4.69, 9.17) is 0 Å². The van der Waals surface area contributed by atoms with E-state index in [-0.39, 0.29) is 11.8 Å². The van der Waals surface area contributed by atoms with Gasteiger partial charge >= 0.3 is 6.18 Å². The molecule has 3 heterocycles. The molecule has 1 fully saturated rings. The Hall–Kier alpha value is -3.47. The van der Waals surface area contributed by atoms with Crippen molar-refractivity contribution >= 4 is 38.7 Å². The van der Waals surface area contributed by atoms with E-state index in [0.717, 1.165) is 47.1 Å². The summed E-state index contributed by atoms with van der Waals surface area (Å²) in [6.07, 6.45) is 0.336. The standard InChI is InChI=1S/C26H24BrF3N6O/c1-16-11-17(4-9-22(16)27)12-31-25(37)18-3-2-10-35(13-18)24-21-14-36(34-23(21)32-15-33-24)20-7-5-19(6-8-20)26(28,29)30/h4-9,11,14-15,18H,2-3,10,12-13H2,1H3,(H,31,37)/t18-/m0/s1. The highest BCUT2D eigenvalue weighted by Gasteiger charge is 2.30. The van der Waals surface area contributed by atoms with Crippen molar-refractivity contribution in [2.45, 2.75) is 32.5 Å². The third-order valence-electron chi connectivity index (χ3n) is 6.54. The van der Waals surface area contributed by atoms with E-state index >= 15 is 0 Å². The van der Waals surface area contributed by atoms with Gasteiger partial charge in [-0.2, -0.15) is 13.2 Å². The molecule has 7 nitrogen and oxygen atoms in total. The highest BCUT2D eigenvalue weighted by atomic mass is 79.9. The maximum atomic E-state index is 13.0. The number of hydrogen-bond donors (Lipinski definition) is 1. The Kier molecular flexibility index (Phi) is 6.89. The lowest BCUT2D eigenvalue weighted by Gasteiger charge is -2.33. The lowest BCUT2D eigenvalue weighted by Crippen LogP contribution is -2.43. The van der Waals surface area contributed by atoms with Gasteiger partial charge in [-0.15, -0.1) is 5.10 Å². The van der Waals surface area contributed by atoms with Gasteiger partial charge in [0.25, 0.3) is 0 Å². The fourth-order valence-corrected chi connectivity index (χ4v) is 4.79. The first kappa shape index (κ1) is 25.2. The van der Waals surface area contributed by atoms with Crippen LogP contribution in [0.15, 0.2) is 59.5 Å². The van der Waals surface area contributed by atoms with E-state index in [1.165, 1.54) is 23.1 Å². The SMILES string of the molecule is Cc1cc(CNC(=O)[C@H]2CCCN(c3ncnc4nn(-c5ccc(C(F)(F)F)cc5)cc34)C2)ccc1Br. The number of hydrogen-bond acceptors (Lipinski definition) is 5. The minimum Gasteiger partial charge on any atom is -0.355 e. The number of carbonyl (C=O) groups is 1. The van der Waals surface area contributed by atoms with Gasteiger partial charge in [0.2, 0.25) is 5.91 Å². The molecule has 2 aromatic carbocycles. The molecule has 4 aromatic rings. The number of carbonyl (C=O) groups excluding carboxylic acids is 1. The van der Waals surface area contributed by atoms with E-state index in [1.807, 2.05) is 25.1 Å². The quantitative estimate of drug-likeness (QED) is 0.345. The first-order chi connectivity index (χ1) is 17.7. The van der Waals surface area contributed by atoms with Gasteiger partial charge in [0.1, 0.15) is 12.1 Å². The second-order valence-electron chi connectivity index (χ2n) is 9.14. The third-order valence-corrected chi connectivity index (χ3v) is 7.43. The van der Waals surface area contributed by atoms with Crippen molar-refractivity contribution in [3.05, 3.63) is 76.2 Å². The molecule has 11 heteroatoms. The number of alkyl halides is 3. The molecule has 0 radical (unpaired) electrons. The molecule has 1 amide bonds. The Morgan fingerprint density at radius 2 is 1.95 bits per heavy atom. The topological polar surface area (TPSA) is 75.9 Å². The zero-order valence-corrected chi connectivity index (χ0v) is 21.6. The van der Waals surface area contributed by atoms with Crippen molar-refractivity contribution in [2.75, 3.05) is 18.0 Å². The monoisotopic (exact) mass is 572 g/mol. The molecule has 192 valence electrons. The van der Waals surface area contributed by atoms with Gasteiger partial charge < -0.3 is 10.2 Å². The summed E-state index contributed by atoms with van der Waals surface area (Å²) in [4.78, 5) is 23.7. The molecule has 1 aliphatic heterocycles. The smallest absolute Gasteiger partial charge is 0.355 e. The maximum Gasteiger partial charge on any atom is 0.416 e. The van der Waals surface area contributed by atoms with E-state index in [9.17, 15) is 18.0 Å². The predicted octanol–water partition coefficient (Wildman–Crippen LogP) is 5.44. The van der Waals surface area contributed by atoms with Gasteiger partial charge in [0, 0.05) is 30.3 Å². The lowest BCUT2D eigenvalue weighted by atomic mass is 9.97. The van der Waals surface area contributed by atoms with Gasteiger partial charge in [-0.1, -0.05) is 28.1 Å². The van der Waals surface area contributed by atoms with Crippen molar-refractivity contribution < 1.29 is 18.0 Å². The number of nitrogens with one attached hydrogen (secondary N) is 1.